The second-order valence-electron chi connectivity index (χ2n) is 10.7. The van der Waals surface area contributed by atoms with Crippen molar-refractivity contribution in [1.82, 2.24) is 19.4 Å². The van der Waals surface area contributed by atoms with Gasteiger partial charge < -0.3 is 18.8 Å². The Bertz CT molecular complexity index is 1620. The van der Waals surface area contributed by atoms with E-state index in [0.29, 0.717) is 22.2 Å². The van der Waals surface area contributed by atoms with Crippen molar-refractivity contribution in [3.8, 4) is 5.88 Å². The lowest BCUT2D eigenvalue weighted by Crippen LogP contribution is -2.34. The molecule has 0 aliphatic carbocycles. The topological polar surface area (TPSA) is 83.1 Å². The number of likely N-dealkylation sites (tertiary alicyclic amines) is 1. The van der Waals surface area contributed by atoms with E-state index in [2.05, 4.69) is 14.3 Å². The zero-order valence-corrected chi connectivity index (χ0v) is 24.2. The lowest BCUT2D eigenvalue weighted by atomic mass is 9.93. The molecule has 0 radical (unpaired) electrons. The van der Waals surface area contributed by atoms with E-state index in [1.807, 2.05) is 18.2 Å². The first-order chi connectivity index (χ1) is 20.5. The van der Waals surface area contributed by atoms with Crippen molar-refractivity contribution in [3.63, 3.8) is 0 Å². The fraction of sp³-hybridized carbons (Fsp3) is 0.419. The number of fused-ring (bicyclic) bond motifs is 1. The fourth-order valence-corrected chi connectivity index (χ4v) is 6.65. The minimum absolute atomic E-state index is 0.0517. The summed E-state index contributed by atoms with van der Waals surface area (Å²) < 4.78 is 33.1. The molecule has 2 aliphatic rings. The van der Waals surface area contributed by atoms with Crippen molar-refractivity contribution < 1.29 is 23.4 Å². The van der Waals surface area contributed by atoms with Crippen LogP contribution < -0.4 is 4.74 Å². The van der Waals surface area contributed by atoms with Crippen LogP contribution in [0.2, 0.25) is 0 Å². The van der Waals surface area contributed by atoms with Gasteiger partial charge in [0.25, 0.3) is 0 Å². The maximum atomic E-state index is 14.3. The van der Waals surface area contributed by atoms with E-state index >= 15 is 0 Å². The largest absolute Gasteiger partial charge is 0.473 e. The third-order valence-corrected chi connectivity index (χ3v) is 8.98. The first kappa shape index (κ1) is 28.3. The number of carbonyl (C=O) groups is 1. The quantitative estimate of drug-likeness (QED) is 0.172. The summed E-state index contributed by atoms with van der Waals surface area (Å²) >= 11 is 1.37. The van der Waals surface area contributed by atoms with Crippen molar-refractivity contribution in [1.29, 1.82) is 0 Å². The van der Waals surface area contributed by atoms with Crippen LogP contribution in [0.1, 0.15) is 58.4 Å². The zero-order valence-electron chi connectivity index (χ0n) is 23.4. The van der Waals surface area contributed by atoms with Gasteiger partial charge in [0.05, 0.1) is 38.4 Å². The predicted molar refractivity (Wildman–Crippen MR) is 156 cm³/mol. The van der Waals surface area contributed by atoms with Crippen molar-refractivity contribution in [2.75, 3.05) is 26.8 Å². The molecule has 218 valence electrons. The molecule has 0 bridgehead atoms. The lowest BCUT2D eigenvalue weighted by molar-refractivity contribution is 0.0606. The molecular weight excluding hydrogens is 557 g/mol. The van der Waals surface area contributed by atoms with Crippen LogP contribution in [-0.4, -0.2) is 58.3 Å². The van der Waals surface area contributed by atoms with E-state index in [1.54, 1.807) is 18.2 Å². The van der Waals surface area contributed by atoms with Gasteiger partial charge in [-0.3, -0.25) is 4.90 Å². The molecule has 0 N–H and O–H groups in total. The van der Waals surface area contributed by atoms with Gasteiger partial charge in [-0.25, -0.2) is 24.0 Å². The Balaban J connectivity index is 1.09. The molecule has 9 nitrogen and oxygen atoms in total. The molecule has 11 heteroatoms. The summed E-state index contributed by atoms with van der Waals surface area (Å²) in [5.74, 6) is 0.970. The molecule has 0 spiro atoms. The minimum atomic E-state index is -0.452. The summed E-state index contributed by atoms with van der Waals surface area (Å²) in [5.41, 5.74) is 2.60. The second kappa shape index (κ2) is 12.6. The van der Waals surface area contributed by atoms with Crippen LogP contribution in [0, 0.1) is 12.4 Å². The van der Waals surface area contributed by atoms with Crippen molar-refractivity contribution in [2.45, 2.75) is 57.4 Å². The van der Waals surface area contributed by atoms with Gasteiger partial charge in [0, 0.05) is 29.8 Å². The summed E-state index contributed by atoms with van der Waals surface area (Å²) in [7, 11) is 1.40. The number of imidazole rings is 1. The molecule has 3 aromatic heterocycles. The van der Waals surface area contributed by atoms with E-state index in [1.165, 1.54) is 24.5 Å². The second-order valence-corrected chi connectivity index (χ2v) is 11.7. The molecule has 4 aromatic rings. The highest BCUT2D eigenvalue weighted by atomic mass is 32.1. The number of piperidine rings is 1. The molecule has 6 rings (SSSR count). The van der Waals surface area contributed by atoms with Crippen molar-refractivity contribution >= 4 is 33.3 Å². The number of benzene rings is 1. The van der Waals surface area contributed by atoms with Gasteiger partial charge in [-0.2, -0.15) is 0 Å². The molecule has 1 atom stereocenters. The van der Waals surface area contributed by atoms with Crippen LogP contribution in [-0.2, 0) is 29.2 Å². The zero-order chi connectivity index (χ0) is 29.1. The van der Waals surface area contributed by atoms with Gasteiger partial charge in [-0.1, -0.05) is 18.2 Å². The number of methoxy groups -OCH3 is 1. The Morgan fingerprint density at radius 1 is 1.19 bits per heavy atom. The van der Waals surface area contributed by atoms with Gasteiger partial charge in [0.1, 0.15) is 28.0 Å². The number of hydrogen-bond donors (Lipinski definition) is 0. The first-order valence-electron chi connectivity index (χ1n) is 14.2. The number of aromatic nitrogens is 3. The highest BCUT2D eigenvalue weighted by Gasteiger charge is 2.26. The van der Waals surface area contributed by atoms with E-state index in [-0.39, 0.29) is 24.4 Å². The summed E-state index contributed by atoms with van der Waals surface area (Å²) in [5, 5.41) is 0. The average Bonchev–Trinajstić information content (AvgIpc) is 3.75. The number of pyridine rings is 1. The van der Waals surface area contributed by atoms with Gasteiger partial charge in [0.2, 0.25) is 5.88 Å². The molecule has 2 saturated heterocycles. The Hall–Kier alpha value is -3.85. The summed E-state index contributed by atoms with van der Waals surface area (Å²) in [4.78, 5) is 28.9. The maximum absolute atomic E-state index is 14.3. The summed E-state index contributed by atoms with van der Waals surface area (Å²) in [6, 6.07) is 12.0. The van der Waals surface area contributed by atoms with Crippen molar-refractivity contribution in [3.05, 3.63) is 81.7 Å². The number of ether oxygens (including phenoxy) is 3. The third-order valence-electron chi connectivity index (χ3n) is 7.98. The normalized spacial score (nSPS) is 17.9. The van der Waals surface area contributed by atoms with Crippen LogP contribution in [0.4, 0.5) is 10.1 Å². The lowest BCUT2D eigenvalue weighted by Gasteiger charge is -2.31. The average molecular weight is 590 g/mol. The third kappa shape index (κ3) is 6.16. The minimum Gasteiger partial charge on any atom is -0.473 e. The smallest absolute Gasteiger partial charge is 0.348 e. The van der Waals surface area contributed by atoms with Crippen LogP contribution >= 0.6 is 11.3 Å². The fourth-order valence-electron chi connectivity index (χ4n) is 5.68. The van der Waals surface area contributed by atoms with Crippen LogP contribution in [0.25, 0.3) is 15.2 Å². The molecule has 2 fully saturated rings. The van der Waals surface area contributed by atoms with E-state index in [9.17, 15) is 9.18 Å². The van der Waals surface area contributed by atoms with Crippen LogP contribution in [0.5, 0.6) is 5.88 Å². The molecule has 5 heterocycles. The number of thiophene rings is 1. The molecule has 0 saturated carbocycles. The van der Waals surface area contributed by atoms with Gasteiger partial charge in [-0.15, -0.1) is 11.3 Å². The SMILES string of the molecule is [C-]#[N+]c1ccc(COc2cccc(C3CCN(Cc4nc5sc(C(=O)OC)cc5n4C[C@@H]4CCCO4)CC3)n2)c(F)c1. The highest BCUT2D eigenvalue weighted by Crippen LogP contribution is 2.32. The molecule has 0 amide bonds. The van der Waals surface area contributed by atoms with E-state index < -0.39 is 5.82 Å². The van der Waals surface area contributed by atoms with Gasteiger partial charge in [0.15, 0.2) is 5.69 Å². The standard InChI is InChI=1S/C31H32FN5O4S/c1-33-22-9-8-21(24(32)15-22)19-41-29-7-3-6-25(34-29)20-10-12-36(13-11-20)18-28-35-30-26(16-27(42-30)31(38)39-2)37(28)17-23-5-4-14-40-23/h3,6-9,15-16,20,23H,4-5,10-14,17-19H2,2H3/t23-/m0/s1. The number of carbonyl (C=O) groups excluding carboxylic acids is 1. The summed E-state index contributed by atoms with van der Waals surface area (Å²) in [6.07, 6.45) is 4.16. The molecule has 42 heavy (non-hydrogen) atoms. The Labute approximate surface area is 247 Å². The van der Waals surface area contributed by atoms with E-state index in [4.69, 9.17) is 30.8 Å². The monoisotopic (exact) mass is 589 g/mol. The molecular formula is C31H32FN5O4S. The Morgan fingerprint density at radius 2 is 2.05 bits per heavy atom. The molecule has 0 unspecified atom stereocenters. The number of hydrogen-bond acceptors (Lipinski definition) is 8. The van der Waals surface area contributed by atoms with Crippen molar-refractivity contribution in [2.24, 2.45) is 0 Å². The Morgan fingerprint density at radius 3 is 2.79 bits per heavy atom. The molecule has 1 aromatic carbocycles. The van der Waals surface area contributed by atoms with Crippen LogP contribution in [0.15, 0.2) is 42.5 Å². The van der Waals surface area contributed by atoms with Crippen LogP contribution in [0.3, 0.4) is 0 Å². The maximum Gasteiger partial charge on any atom is 0.348 e. The number of halogens is 1. The first-order valence-corrected chi connectivity index (χ1v) is 15.0. The Kier molecular flexibility index (Phi) is 8.46. The summed E-state index contributed by atoms with van der Waals surface area (Å²) in [6.45, 7) is 11.1. The molecule has 2 aliphatic heterocycles. The van der Waals surface area contributed by atoms with Gasteiger partial charge >= 0.3 is 5.97 Å². The highest BCUT2D eigenvalue weighted by molar-refractivity contribution is 7.20. The number of nitrogens with zero attached hydrogens (tertiary/aromatic N) is 5. The van der Waals surface area contributed by atoms with Gasteiger partial charge in [-0.05, 0) is 57.0 Å². The van der Waals surface area contributed by atoms with E-state index in [0.717, 1.165) is 80.3 Å². The predicted octanol–water partition coefficient (Wildman–Crippen LogP) is 6.11. The number of rotatable bonds is 9. The number of esters is 1.